The predicted molar refractivity (Wildman–Crippen MR) is 80.0 cm³/mol. The van der Waals surface area contributed by atoms with Crippen molar-refractivity contribution >= 4 is 5.91 Å². The zero-order chi connectivity index (χ0) is 16.6. The Morgan fingerprint density at radius 2 is 2.13 bits per heavy atom. The van der Waals surface area contributed by atoms with Crippen molar-refractivity contribution < 1.29 is 18.1 Å². The van der Waals surface area contributed by atoms with Gasteiger partial charge in [-0.2, -0.15) is 0 Å². The minimum Gasteiger partial charge on any atom is -0.361 e. The van der Waals surface area contributed by atoms with E-state index in [0.717, 1.165) is 12.5 Å². The van der Waals surface area contributed by atoms with Crippen molar-refractivity contribution in [2.45, 2.75) is 45.1 Å². The summed E-state index contributed by atoms with van der Waals surface area (Å²) in [5.74, 6) is -1.16. The Morgan fingerprint density at radius 1 is 1.39 bits per heavy atom. The number of hydrogen-bond donors (Lipinski definition) is 1. The molecule has 2 aromatic rings. The lowest BCUT2D eigenvalue weighted by molar-refractivity contribution is 0.0815. The van der Waals surface area contributed by atoms with E-state index in [1.54, 1.807) is 6.92 Å². The van der Waals surface area contributed by atoms with Crippen molar-refractivity contribution in [2.24, 2.45) is 0 Å². The first-order valence-corrected chi connectivity index (χ1v) is 7.70. The maximum atomic E-state index is 14.2. The van der Waals surface area contributed by atoms with Gasteiger partial charge >= 0.3 is 0 Å². The Labute approximate surface area is 132 Å². The second kappa shape index (κ2) is 5.76. The van der Waals surface area contributed by atoms with Crippen molar-refractivity contribution in [1.82, 2.24) is 10.5 Å². The molecule has 3 rings (SSSR count). The molecule has 1 saturated carbocycles. The molecule has 1 fully saturated rings. The number of nitrogens with one attached hydrogen (secondary N) is 1. The lowest BCUT2D eigenvalue weighted by Gasteiger charge is -2.43. The van der Waals surface area contributed by atoms with Crippen LogP contribution in [0, 0.1) is 18.6 Å². The fourth-order valence-corrected chi connectivity index (χ4v) is 3.10. The minimum atomic E-state index is -0.788. The van der Waals surface area contributed by atoms with E-state index in [4.69, 9.17) is 4.52 Å². The van der Waals surface area contributed by atoms with Crippen LogP contribution in [0.4, 0.5) is 8.78 Å². The number of benzene rings is 1. The van der Waals surface area contributed by atoms with Gasteiger partial charge in [0.15, 0.2) is 0 Å². The first-order valence-electron chi connectivity index (χ1n) is 7.70. The molecule has 0 radical (unpaired) electrons. The van der Waals surface area contributed by atoms with Gasteiger partial charge in [0.1, 0.15) is 23.0 Å². The molecule has 122 valence electrons. The molecule has 0 unspecified atom stereocenters. The summed E-state index contributed by atoms with van der Waals surface area (Å²) in [6.07, 6.45) is 2.68. The maximum Gasteiger partial charge on any atom is 0.257 e. The van der Waals surface area contributed by atoms with Gasteiger partial charge in [-0.25, -0.2) is 8.78 Å². The third kappa shape index (κ3) is 2.62. The van der Waals surface area contributed by atoms with E-state index in [-0.39, 0.29) is 5.91 Å². The molecule has 1 aliphatic rings. The van der Waals surface area contributed by atoms with Gasteiger partial charge in [0.25, 0.3) is 5.91 Å². The second-order valence-corrected chi connectivity index (χ2v) is 5.93. The summed E-state index contributed by atoms with van der Waals surface area (Å²) in [7, 11) is 0. The molecule has 0 atom stereocenters. The van der Waals surface area contributed by atoms with E-state index in [9.17, 15) is 13.6 Å². The van der Waals surface area contributed by atoms with E-state index in [1.165, 1.54) is 12.1 Å². The van der Waals surface area contributed by atoms with Crippen LogP contribution in [0.5, 0.6) is 0 Å². The largest absolute Gasteiger partial charge is 0.361 e. The van der Waals surface area contributed by atoms with Gasteiger partial charge in [0.2, 0.25) is 0 Å². The summed E-state index contributed by atoms with van der Waals surface area (Å²) in [5, 5.41) is 6.79. The highest BCUT2D eigenvalue weighted by Gasteiger charge is 2.42. The zero-order valence-electron chi connectivity index (χ0n) is 13.1. The van der Waals surface area contributed by atoms with E-state index in [1.807, 2.05) is 6.92 Å². The van der Waals surface area contributed by atoms with Crippen LogP contribution in [0.25, 0.3) is 0 Å². The molecular weight excluding hydrogens is 302 g/mol. The lowest BCUT2D eigenvalue weighted by Crippen LogP contribution is -2.51. The fraction of sp³-hybridized carbons (Fsp3) is 0.412. The Kier molecular flexibility index (Phi) is 3.92. The highest BCUT2D eigenvalue weighted by Crippen LogP contribution is 2.42. The van der Waals surface area contributed by atoms with Crippen molar-refractivity contribution in [1.29, 1.82) is 0 Å². The van der Waals surface area contributed by atoms with Gasteiger partial charge in [-0.15, -0.1) is 0 Å². The Balaban J connectivity index is 1.93. The molecule has 0 aliphatic heterocycles. The van der Waals surface area contributed by atoms with Crippen LogP contribution in [-0.2, 0) is 12.0 Å². The van der Waals surface area contributed by atoms with Crippen LogP contribution in [0.2, 0.25) is 0 Å². The summed E-state index contributed by atoms with van der Waals surface area (Å²) in [6.45, 7) is 3.56. The molecule has 0 saturated heterocycles. The van der Waals surface area contributed by atoms with Crippen LogP contribution >= 0.6 is 0 Å². The van der Waals surface area contributed by atoms with Crippen molar-refractivity contribution in [3.8, 4) is 0 Å². The molecule has 23 heavy (non-hydrogen) atoms. The average molecular weight is 320 g/mol. The van der Waals surface area contributed by atoms with Gasteiger partial charge in [0, 0.05) is 11.6 Å². The average Bonchev–Trinajstić information content (AvgIpc) is 2.84. The summed E-state index contributed by atoms with van der Waals surface area (Å²) in [6, 6.07) is 3.47. The highest BCUT2D eigenvalue weighted by molar-refractivity contribution is 5.96. The Bertz CT molecular complexity index is 751. The van der Waals surface area contributed by atoms with Crippen LogP contribution in [-0.4, -0.2) is 11.1 Å². The molecule has 1 N–H and O–H groups in total. The highest BCUT2D eigenvalue weighted by atomic mass is 19.1. The minimum absolute atomic E-state index is 0.325. The van der Waals surface area contributed by atoms with Gasteiger partial charge in [-0.05, 0) is 38.7 Å². The van der Waals surface area contributed by atoms with Crippen LogP contribution in [0.3, 0.4) is 0 Å². The molecule has 6 heteroatoms. The summed E-state index contributed by atoms with van der Waals surface area (Å²) in [4.78, 5) is 12.7. The zero-order valence-corrected chi connectivity index (χ0v) is 13.1. The van der Waals surface area contributed by atoms with Crippen LogP contribution in [0.1, 0.15) is 53.6 Å². The topological polar surface area (TPSA) is 55.1 Å². The maximum absolute atomic E-state index is 14.2. The third-order valence-electron chi connectivity index (χ3n) is 4.50. The first kappa shape index (κ1) is 15.6. The van der Waals surface area contributed by atoms with Gasteiger partial charge in [-0.1, -0.05) is 18.1 Å². The van der Waals surface area contributed by atoms with Crippen LogP contribution < -0.4 is 5.32 Å². The molecule has 0 bridgehead atoms. The molecule has 1 amide bonds. The Hall–Kier alpha value is -2.24. The van der Waals surface area contributed by atoms with Crippen molar-refractivity contribution in [2.75, 3.05) is 0 Å². The molecule has 0 spiro atoms. The normalized spacial score (nSPS) is 16.0. The monoisotopic (exact) mass is 320 g/mol. The molecular formula is C17H18F2N2O2. The lowest BCUT2D eigenvalue weighted by atomic mass is 9.71. The number of rotatable bonds is 4. The van der Waals surface area contributed by atoms with Crippen molar-refractivity contribution in [3.63, 3.8) is 0 Å². The molecule has 4 nitrogen and oxygen atoms in total. The molecule has 1 aliphatic carbocycles. The van der Waals surface area contributed by atoms with E-state index in [2.05, 4.69) is 10.5 Å². The van der Waals surface area contributed by atoms with Gasteiger partial charge in [-0.3, -0.25) is 4.79 Å². The number of halogens is 2. The quantitative estimate of drug-likeness (QED) is 0.936. The number of hydrogen-bond acceptors (Lipinski definition) is 3. The van der Waals surface area contributed by atoms with Crippen molar-refractivity contribution in [3.05, 3.63) is 52.4 Å². The predicted octanol–water partition coefficient (Wildman–Crippen LogP) is 3.63. The number of amides is 1. The number of aromatic nitrogens is 1. The van der Waals surface area contributed by atoms with Gasteiger partial charge in [0.05, 0.1) is 11.2 Å². The van der Waals surface area contributed by atoms with E-state index >= 15 is 0 Å². The number of carbonyl (C=O) groups is 1. The van der Waals surface area contributed by atoms with E-state index < -0.39 is 17.2 Å². The summed E-state index contributed by atoms with van der Waals surface area (Å²) in [5.41, 5.74) is 0.518. The van der Waals surface area contributed by atoms with Crippen LogP contribution in [0.15, 0.2) is 22.7 Å². The SMILES string of the molecule is CCc1noc(C)c1C(=O)NC1(c2ccc(F)cc2F)CCC1. The summed E-state index contributed by atoms with van der Waals surface area (Å²) >= 11 is 0. The smallest absolute Gasteiger partial charge is 0.257 e. The number of carbonyl (C=O) groups excluding carboxylic acids is 1. The molecule has 1 aromatic carbocycles. The summed E-state index contributed by atoms with van der Waals surface area (Å²) < 4.78 is 32.4. The molecule has 1 aromatic heterocycles. The second-order valence-electron chi connectivity index (χ2n) is 5.93. The Morgan fingerprint density at radius 3 is 2.70 bits per heavy atom. The third-order valence-corrected chi connectivity index (χ3v) is 4.50. The fourth-order valence-electron chi connectivity index (χ4n) is 3.10. The first-order chi connectivity index (χ1) is 11.0. The number of nitrogens with zero attached hydrogens (tertiary/aromatic N) is 1. The standard InChI is InChI=1S/C17H18F2N2O2/c1-3-14-15(10(2)23-21-14)16(22)20-17(7-4-8-17)12-6-5-11(18)9-13(12)19/h5-6,9H,3-4,7-8H2,1-2H3,(H,20,22). The number of aryl methyl sites for hydroxylation is 2. The molecule has 1 heterocycles. The van der Waals surface area contributed by atoms with E-state index in [0.29, 0.717) is 41.8 Å². The van der Waals surface area contributed by atoms with Gasteiger partial charge < -0.3 is 9.84 Å².